The molecule has 26 heavy (non-hydrogen) atoms. The number of hydrogen-bond donors (Lipinski definition) is 2. The van der Waals surface area contributed by atoms with E-state index in [-0.39, 0.29) is 12.5 Å². The summed E-state index contributed by atoms with van der Waals surface area (Å²) in [4.78, 5) is 26.9. The number of carboxylic acids is 1. The molecule has 132 valence electrons. The number of hydrazone groups is 1. The van der Waals surface area contributed by atoms with Crippen LogP contribution in [0.5, 0.6) is 5.75 Å². The minimum absolute atomic E-state index is 0.0784. The molecule has 0 unspecified atom stereocenters. The van der Waals surface area contributed by atoms with Gasteiger partial charge >= 0.3 is 5.97 Å². The number of benzene rings is 2. The summed E-state index contributed by atoms with van der Waals surface area (Å²) in [5, 5.41) is 12.6. The molecule has 0 saturated carbocycles. The fourth-order valence-corrected chi connectivity index (χ4v) is 2.36. The number of imidazole rings is 1. The number of aromatic nitrogens is 2. The van der Waals surface area contributed by atoms with Gasteiger partial charge in [0.2, 0.25) is 0 Å². The number of carboxylic acid groups (broad SMARTS) is 1. The molecular formula is C18H16N4O4. The molecule has 0 spiro atoms. The molecule has 2 N–H and O–H groups in total. The molecule has 0 aliphatic rings. The van der Waals surface area contributed by atoms with Gasteiger partial charge in [-0.25, -0.2) is 15.2 Å². The molecule has 0 fully saturated rings. The Kier molecular flexibility index (Phi) is 5.23. The Morgan fingerprint density at radius 2 is 1.96 bits per heavy atom. The summed E-state index contributed by atoms with van der Waals surface area (Å²) < 4.78 is 6.90. The number of carbonyl (C=O) groups is 2. The molecule has 0 saturated heterocycles. The standard InChI is InChI=1S/C18H16N4O4/c23-17(10-22-12-19-14-6-2-3-7-15(14)22)21-20-9-13-5-1-4-8-16(13)26-11-18(24)25/h1-9,12H,10-11H2,(H,21,23)(H,24,25)/b20-9+. The molecule has 0 radical (unpaired) electrons. The van der Waals surface area contributed by atoms with Gasteiger partial charge in [0.05, 0.1) is 23.6 Å². The maximum absolute atomic E-state index is 12.1. The van der Waals surface area contributed by atoms with E-state index in [2.05, 4.69) is 15.5 Å². The number of carbonyl (C=O) groups excluding carboxylic acids is 1. The van der Waals surface area contributed by atoms with Gasteiger partial charge in [-0.2, -0.15) is 5.10 Å². The Hall–Kier alpha value is -3.68. The van der Waals surface area contributed by atoms with Crippen molar-refractivity contribution in [3.05, 3.63) is 60.4 Å². The van der Waals surface area contributed by atoms with Gasteiger partial charge in [-0.15, -0.1) is 0 Å². The molecule has 1 amide bonds. The van der Waals surface area contributed by atoms with Gasteiger partial charge in [-0.3, -0.25) is 4.79 Å². The van der Waals surface area contributed by atoms with E-state index in [0.717, 1.165) is 11.0 Å². The first kappa shape index (κ1) is 17.2. The summed E-state index contributed by atoms with van der Waals surface area (Å²) in [5.74, 6) is -1.01. The Labute approximate surface area is 148 Å². The van der Waals surface area contributed by atoms with E-state index in [4.69, 9.17) is 9.84 Å². The largest absolute Gasteiger partial charge is 0.481 e. The van der Waals surface area contributed by atoms with Crippen LogP contribution in [0.3, 0.4) is 0 Å². The van der Waals surface area contributed by atoms with Crippen molar-refractivity contribution in [1.29, 1.82) is 0 Å². The Morgan fingerprint density at radius 3 is 2.81 bits per heavy atom. The van der Waals surface area contributed by atoms with E-state index in [1.807, 2.05) is 24.3 Å². The van der Waals surface area contributed by atoms with Gasteiger partial charge in [0, 0.05) is 5.56 Å². The third-order valence-electron chi connectivity index (χ3n) is 3.50. The highest BCUT2D eigenvalue weighted by Gasteiger charge is 2.07. The summed E-state index contributed by atoms with van der Waals surface area (Å²) >= 11 is 0. The van der Waals surface area contributed by atoms with Gasteiger partial charge in [0.15, 0.2) is 6.61 Å². The van der Waals surface area contributed by atoms with E-state index in [0.29, 0.717) is 11.3 Å². The van der Waals surface area contributed by atoms with E-state index in [9.17, 15) is 9.59 Å². The number of nitrogens with one attached hydrogen (secondary N) is 1. The van der Waals surface area contributed by atoms with Crippen molar-refractivity contribution >= 4 is 29.1 Å². The highest BCUT2D eigenvalue weighted by Crippen LogP contribution is 2.15. The lowest BCUT2D eigenvalue weighted by Gasteiger charge is -2.06. The zero-order valence-electron chi connectivity index (χ0n) is 13.7. The van der Waals surface area contributed by atoms with Crippen LogP contribution in [0.2, 0.25) is 0 Å². The minimum Gasteiger partial charge on any atom is -0.481 e. The Balaban J connectivity index is 1.62. The number of para-hydroxylation sites is 3. The average molecular weight is 352 g/mol. The van der Waals surface area contributed by atoms with Crippen LogP contribution in [0.15, 0.2) is 60.0 Å². The SMILES string of the molecule is O=C(O)COc1ccccc1/C=N/NC(=O)Cn1cnc2ccccc21. The van der Waals surface area contributed by atoms with Crippen LogP contribution in [0.25, 0.3) is 11.0 Å². The number of fused-ring (bicyclic) bond motifs is 1. The third-order valence-corrected chi connectivity index (χ3v) is 3.50. The van der Waals surface area contributed by atoms with Crippen LogP contribution in [0, 0.1) is 0 Å². The van der Waals surface area contributed by atoms with Crippen LogP contribution in [-0.2, 0) is 16.1 Å². The van der Waals surface area contributed by atoms with Gasteiger partial charge in [-0.05, 0) is 24.3 Å². The lowest BCUT2D eigenvalue weighted by Crippen LogP contribution is -2.22. The molecule has 2 aromatic carbocycles. The second kappa shape index (κ2) is 7.93. The first-order valence-corrected chi connectivity index (χ1v) is 7.79. The predicted octanol–water partition coefficient (Wildman–Crippen LogP) is 1.65. The summed E-state index contributed by atoms with van der Waals surface area (Å²) in [6.07, 6.45) is 3.00. The molecule has 1 heterocycles. The molecule has 0 aliphatic carbocycles. The van der Waals surface area contributed by atoms with Crippen molar-refractivity contribution in [2.75, 3.05) is 6.61 Å². The normalized spacial score (nSPS) is 10.9. The predicted molar refractivity (Wildman–Crippen MR) is 95.0 cm³/mol. The van der Waals surface area contributed by atoms with E-state index in [1.54, 1.807) is 35.2 Å². The van der Waals surface area contributed by atoms with Crippen LogP contribution >= 0.6 is 0 Å². The van der Waals surface area contributed by atoms with Crippen LogP contribution in [0.4, 0.5) is 0 Å². The second-order valence-electron chi connectivity index (χ2n) is 5.37. The van der Waals surface area contributed by atoms with Gasteiger partial charge in [0.25, 0.3) is 5.91 Å². The topological polar surface area (TPSA) is 106 Å². The van der Waals surface area contributed by atoms with Crippen LogP contribution in [0.1, 0.15) is 5.56 Å². The fourth-order valence-electron chi connectivity index (χ4n) is 2.36. The van der Waals surface area contributed by atoms with Crippen molar-refractivity contribution in [3.63, 3.8) is 0 Å². The number of amides is 1. The van der Waals surface area contributed by atoms with Crippen molar-refractivity contribution in [2.45, 2.75) is 6.54 Å². The van der Waals surface area contributed by atoms with Gasteiger partial charge in [0.1, 0.15) is 12.3 Å². The van der Waals surface area contributed by atoms with Crippen LogP contribution in [-0.4, -0.2) is 39.4 Å². The molecular weight excluding hydrogens is 336 g/mol. The van der Waals surface area contributed by atoms with Crippen LogP contribution < -0.4 is 10.2 Å². The number of rotatable bonds is 7. The molecule has 3 rings (SSSR count). The number of aliphatic carboxylic acids is 1. The molecule has 0 bridgehead atoms. The molecule has 1 aromatic heterocycles. The highest BCUT2D eigenvalue weighted by molar-refractivity contribution is 5.86. The Bertz CT molecular complexity index is 964. The lowest BCUT2D eigenvalue weighted by molar-refractivity contribution is -0.139. The molecule has 8 heteroatoms. The summed E-state index contributed by atoms with van der Waals surface area (Å²) in [7, 11) is 0. The van der Waals surface area contributed by atoms with E-state index in [1.165, 1.54) is 6.21 Å². The summed E-state index contributed by atoms with van der Waals surface area (Å²) in [5.41, 5.74) is 4.67. The number of nitrogens with zero attached hydrogens (tertiary/aromatic N) is 3. The van der Waals surface area contributed by atoms with Crippen molar-refractivity contribution in [2.24, 2.45) is 5.10 Å². The maximum Gasteiger partial charge on any atom is 0.341 e. The molecule has 3 aromatic rings. The molecule has 0 aliphatic heterocycles. The number of hydrogen-bond acceptors (Lipinski definition) is 5. The second-order valence-corrected chi connectivity index (χ2v) is 5.37. The monoisotopic (exact) mass is 352 g/mol. The third kappa shape index (κ3) is 4.23. The van der Waals surface area contributed by atoms with Gasteiger partial charge < -0.3 is 14.4 Å². The van der Waals surface area contributed by atoms with Gasteiger partial charge in [-0.1, -0.05) is 24.3 Å². The highest BCUT2D eigenvalue weighted by atomic mass is 16.5. The van der Waals surface area contributed by atoms with E-state index < -0.39 is 12.6 Å². The first-order valence-electron chi connectivity index (χ1n) is 7.79. The minimum atomic E-state index is -1.07. The molecule has 0 atom stereocenters. The van der Waals surface area contributed by atoms with Crippen molar-refractivity contribution < 1.29 is 19.4 Å². The zero-order chi connectivity index (χ0) is 18.4. The summed E-state index contributed by atoms with van der Waals surface area (Å²) in [6.45, 7) is -0.375. The Morgan fingerprint density at radius 1 is 1.19 bits per heavy atom. The zero-order valence-corrected chi connectivity index (χ0v) is 13.7. The smallest absolute Gasteiger partial charge is 0.341 e. The summed E-state index contributed by atoms with van der Waals surface area (Å²) in [6, 6.07) is 14.3. The first-order chi connectivity index (χ1) is 12.6. The quantitative estimate of drug-likeness (QED) is 0.497. The molecule has 8 nitrogen and oxygen atoms in total. The van der Waals surface area contributed by atoms with Crippen molar-refractivity contribution in [3.8, 4) is 5.75 Å². The van der Waals surface area contributed by atoms with Crippen molar-refractivity contribution in [1.82, 2.24) is 15.0 Å². The maximum atomic E-state index is 12.1. The lowest BCUT2D eigenvalue weighted by atomic mass is 10.2. The average Bonchev–Trinajstić information content (AvgIpc) is 3.04. The fraction of sp³-hybridized carbons (Fsp3) is 0.111. The van der Waals surface area contributed by atoms with E-state index >= 15 is 0 Å². The number of ether oxygens (including phenoxy) is 1.